The molecule has 0 saturated heterocycles. The van der Waals surface area contributed by atoms with Crippen LogP contribution in [0.4, 0.5) is 21.6 Å². The Hall–Kier alpha value is -2.80. The number of aromatic nitrogens is 2. The van der Waals surface area contributed by atoms with E-state index >= 15 is 0 Å². The number of amides is 1. The summed E-state index contributed by atoms with van der Waals surface area (Å²) in [5, 5.41) is 5.66. The van der Waals surface area contributed by atoms with Crippen molar-refractivity contribution in [3.8, 4) is 0 Å². The van der Waals surface area contributed by atoms with Crippen LogP contribution in [-0.2, 0) is 0 Å². The van der Waals surface area contributed by atoms with Gasteiger partial charge in [0.2, 0.25) is 0 Å². The smallest absolute Gasteiger partial charge is 0.275 e. The Morgan fingerprint density at radius 2 is 1.88 bits per heavy atom. The van der Waals surface area contributed by atoms with E-state index in [4.69, 9.17) is 0 Å². The van der Waals surface area contributed by atoms with E-state index in [1.165, 1.54) is 24.5 Å². The van der Waals surface area contributed by atoms with Crippen LogP contribution >= 0.6 is 15.9 Å². The molecule has 24 heavy (non-hydrogen) atoms. The van der Waals surface area contributed by atoms with Gasteiger partial charge in [-0.05, 0) is 46.3 Å². The lowest BCUT2D eigenvalue weighted by atomic mass is 10.3. The first kappa shape index (κ1) is 16.1. The molecule has 0 unspecified atom stereocenters. The number of carbonyl (C=O) groups is 1. The summed E-state index contributed by atoms with van der Waals surface area (Å²) in [4.78, 5) is 20.4. The number of nitrogens with zero attached hydrogens (tertiary/aromatic N) is 2. The monoisotopic (exact) mass is 386 g/mol. The van der Waals surface area contributed by atoms with E-state index in [1.54, 1.807) is 18.2 Å². The lowest BCUT2D eigenvalue weighted by Gasteiger charge is -2.08. The molecule has 0 radical (unpaired) electrons. The summed E-state index contributed by atoms with van der Waals surface area (Å²) in [6.45, 7) is 0. The summed E-state index contributed by atoms with van der Waals surface area (Å²) in [5.74, 6) is -0.304. The molecule has 0 spiro atoms. The number of carbonyl (C=O) groups excluding carboxylic acids is 1. The van der Waals surface area contributed by atoms with E-state index in [0.29, 0.717) is 17.2 Å². The molecule has 1 heterocycles. The van der Waals surface area contributed by atoms with Gasteiger partial charge >= 0.3 is 0 Å². The summed E-state index contributed by atoms with van der Waals surface area (Å²) in [7, 11) is 0. The van der Waals surface area contributed by atoms with Crippen LogP contribution < -0.4 is 10.6 Å². The number of nitrogens with one attached hydrogen (secondary N) is 2. The Morgan fingerprint density at radius 1 is 1.04 bits per heavy atom. The Morgan fingerprint density at radius 3 is 2.58 bits per heavy atom. The molecule has 2 aromatic carbocycles. The first-order chi connectivity index (χ1) is 11.6. The quantitative estimate of drug-likeness (QED) is 0.698. The highest BCUT2D eigenvalue weighted by Gasteiger charge is 2.10. The van der Waals surface area contributed by atoms with Crippen LogP contribution in [0.2, 0.25) is 0 Å². The number of halogens is 2. The molecule has 0 fully saturated rings. The molecule has 1 amide bonds. The van der Waals surface area contributed by atoms with Gasteiger partial charge in [0, 0.05) is 10.2 Å². The molecule has 0 aliphatic rings. The van der Waals surface area contributed by atoms with Crippen molar-refractivity contribution in [2.24, 2.45) is 0 Å². The van der Waals surface area contributed by atoms with Crippen molar-refractivity contribution in [1.82, 2.24) is 9.97 Å². The van der Waals surface area contributed by atoms with Crippen LogP contribution in [0.15, 0.2) is 65.4 Å². The van der Waals surface area contributed by atoms with Gasteiger partial charge in [-0.25, -0.2) is 14.4 Å². The van der Waals surface area contributed by atoms with Gasteiger partial charge in [0.05, 0.1) is 18.1 Å². The normalized spacial score (nSPS) is 10.2. The van der Waals surface area contributed by atoms with Crippen molar-refractivity contribution in [2.45, 2.75) is 0 Å². The highest BCUT2D eigenvalue weighted by molar-refractivity contribution is 9.10. The van der Waals surface area contributed by atoms with E-state index in [9.17, 15) is 9.18 Å². The van der Waals surface area contributed by atoms with Crippen molar-refractivity contribution in [2.75, 3.05) is 10.6 Å². The molecular weight excluding hydrogens is 375 g/mol. The van der Waals surface area contributed by atoms with Crippen LogP contribution in [0.3, 0.4) is 0 Å². The third kappa shape index (κ3) is 3.94. The SMILES string of the molecule is O=C(Nc1ccccc1Br)c1cnc(Nc2cccc(F)c2)cn1. The average Bonchev–Trinajstić information content (AvgIpc) is 2.57. The first-order valence-corrected chi connectivity index (χ1v) is 7.81. The van der Waals surface area contributed by atoms with Gasteiger partial charge in [-0.2, -0.15) is 0 Å². The highest BCUT2D eigenvalue weighted by Crippen LogP contribution is 2.21. The summed E-state index contributed by atoms with van der Waals surface area (Å²) in [6.07, 6.45) is 2.77. The lowest BCUT2D eigenvalue weighted by molar-refractivity contribution is 0.102. The minimum atomic E-state index is -0.369. The zero-order valence-electron chi connectivity index (χ0n) is 12.3. The predicted octanol–water partition coefficient (Wildman–Crippen LogP) is 4.37. The summed E-state index contributed by atoms with van der Waals surface area (Å²) >= 11 is 3.36. The number of hydrogen-bond donors (Lipinski definition) is 2. The number of anilines is 3. The summed E-state index contributed by atoms with van der Waals surface area (Å²) in [5.41, 5.74) is 1.37. The molecule has 2 N–H and O–H groups in total. The van der Waals surface area contributed by atoms with E-state index in [-0.39, 0.29) is 17.4 Å². The topological polar surface area (TPSA) is 66.9 Å². The van der Waals surface area contributed by atoms with Gasteiger partial charge in [0.15, 0.2) is 0 Å². The minimum absolute atomic E-state index is 0.176. The zero-order chi connectivity index (χ0) is 16.9. The van der Waals surface area contributed by atoms with Crippen LogP contribution in [0, 0.1) is 5.82 Å². The van der Waals surface area contributed by atoms with Gasteiger partial charge in [0.1, 0.15) is 17.3 Å². The molecule has 3 aromatic rings. The maximum absolute atomic E-state index is 13.1. The number of benzene rings is 2. The van der Waals surface area contributed by atoms with Gasteiger partial charge in [-0.15, -0.1) is 0 Å². The maximum atomic E-state index is 13.1. The molecule has 7 heteroatoms. The van der Waals surface area contributed by atoms with Gasteiger partial charge in [-0.1, -0.05) is 18.2 Å². The molecule has 0 aliphatic heterocycles. The third-order valence-corrected chi connectivity index (χ3v) is 3.80. The average molecular weight is 387 g/mol. The third-order valence-electron chi connectivity index (χ3n) is 3.10. The zero-order valence-corrected chi connectivity index (χ0v) is 13.9. The van der Waals surface area contributed by atoms with E-state index in [2.05, 4.69) is 36.5 Å². The largest absolute Gasteiger partial charge is 0.339 e. The fourth-order valence-corrected chi connectivity index (χ4v) is 2.36. The van der Waals surface area contributed by atoms with Crippen molar-refractivity contribution in [3.63, 3.8) is 0 Å². The Kier molecular flexibility index (Phi) is 4.81. The second-order valence-corrected chi connectivity index (χ2v) is 5.71. The standard InChI is InChI=1S/C17H12BrFN4O/c18-13-6-1-2-7-14(13)23-17(24)15-9-21-16(10-20-15)22-12-5-3-4-11(19)8-12/h1-10H,(H,21,22)(H,23,24). The molecule has 5 nitrogen and oxygen atoms in total. The second-order valence-electron chi connectivity index (χ2n) is 4.86. The molecule has 0 bridgehead atoms. The first-order valence-electron chi connectivity index (χ1n) is 7.02. The van der Waals surface area contributed by atoms with Gasteiger partial charge < -0.3 is 10.6 Å². The lowest BCUT2D eigenvalue weighted by Crippen LogP contribution is -2.14. The van der Waals surface area contributed by atoms with Gasteiger partial charge in [-0.3, -0.25) is 4.79 Å². The van der Waals surface area contributed by atoms with Crippen molar-refractivity contribution >= 4 is 39.0 Å². The molecule has 0 saturated carbocycles. The van der Waals surface area contributed by atoms with E-state index in [0.717, 1.165) is 4.47 Å². The number of rotatable bonds is 4. The van der Waals surface area contributed by atoms with Crippen molar-refractivity contribution in [1.29, 1.82) is 0 Å². The predicted molar refractivity (Wildman–Crippen MR) is 93.8 cm³/mol. The number of para-hydroxylation sites is 1. The van der Waals surface area contributed by atoms with Crippen molar-refractivity contribution < 1.29 is 9.18 Å². The Bertz CT molecular complexity index is 870. The van der Waals surface area contributed by atoms with Crippen LogP contribution in [0.5, 0.6) is 0 Å². The number of hydrogen-bond acceptors (Lipinski definition) is 4. The van der Waals surface area contributed by atoms with E-state index in [1.807, 2.05) is 18.2 Å². The molecule has 0 aliphatic carbocycles. The Labute approximate surface area is 146 Å². The Balaban J connectivity index is 1.70. The maximum Gasteiger partial charge on any atom is 0.275 e. The molecule has 120 valence electrons. The molecule has 0 atom stereocenters. The van der Waals surface area contributed by atoms with Crippen LogP contribution in [-0.4, -0.2) is 15.9 Å². The van der Waals surface area contributed by atoms with Crippen LogP contribution in [0.1, 0.15) is 10.5 Å². The summed E-state index contributed by atoms with van der Waals surface area (Å²) < 4.78 is 13.9. The van der Waals surface area contributed by atoms with Crippen LogP contribution in [0.25, 0.3) is 0 Å². The molecule has 1 aromatic heterocycles. The summed E-state index contributed by atoms with van der Waals surface area (Å²) in [6, 6.07) is 13.3. The highest BCUT2D eigenvalue weighted by atomic mass is 79.9. The van der Waals surface area contributed by atoms with Gasteiger partial charge in [0.25, 0.3) is 5.91 Å². The molecule has 3 rings (SSSR count). The molecular formula is C17H12BrFN4O. The second kappa shape index (κ2) is 7.18. The fraction of sp³-hybridized carbons (Fsp3) is 0. The fourth-order valence-electron chi connectivity index (χ4n) is 1.97. The van der Waals surface area contributed by atoms with E-state index < -0.39 is 0 Å². The van der Waals surface area contributed by atoms with Crippen molar-refractivity contribution in [3.05, 3.63) is 76.9 Å². The minimum Gasteiger partial charge on any atom is -0.339 e.